The van der Waals surface area contributed by atoms with E-state index in [9.17, 15) is 0 Å². The number of unbranched alkanes of at least 4 members (excludes halogenated alkanes) is 8. The third-order valence-corrected chi connectivity index (χ3v) is 2.10. The minimum Gasteiger partial charge on any atom is -0.332 e. The molecule has 0 bridgehead atoms. The van der Waals surface area contributed by atoms with Crippen LogP contribution in [0.1, 0.15) is 65.2 Å². The fourth-order valence-corrected chi connectivity index (χ4v) is 1.31. The summed E-state index contributed by atoms with van der Waals surface area (Å²) in [6.45, 7) is 4.42. The third kappa shape index (κ3) is 14.2. The Hall–Kier alpha value is 1.64. The first-order valence-corrected chi connectivity index (χ1v) is 5.19. The predicted molar refractivity (Wildman–Crippen MR) is 52.6 cm³/mol. The second kappa shape index (κ2) is 15.1. The Kier molecular flexibility index (Phi) is 20.3. The van der Waals surface area contributed by atoms with E-state index < -0.39 is 0 Å². The summed E-state index contributed by atoms with van der Waals surface area (Å²) < 4.78 is 0. The SMILES string of the molecule is C[CH-]CCCCCCCCC.[K+]. The molecule has 0 atom stereocenters. The van der Waals surface area contributed by atoms with Crippen molar-refractivity contribution in [3.05, 3.63) is 6.42 Å². The van der Waals surface area contributed by atoms with Gasteiger partial charge in [0.25, 0.3) is 0 Å². The van der Waals surface area contributed by atoms with Gasteiger partial charge in [0.2, 0.25) is 0 Å². The molecule has 0 aliphatic carbocycles. The molecule has 0 aromatic carbocycles. The van der Waals surface area contributed by atoms with E-state index in [1.54, 1.807) is 0 Å². The van der Waals surface area contributed by atoms with Crippen molar-refractivity contribution in [3.63, 3.8) is 0 Å². The normalized spacial score (nSPS) is 9.50. The van der Waals surface area contributed by atoms with Crippen molar-refractivity contribution in [1.82, 2.24) is 0 Å². The minimum absolute atomic E-state index is 0. The van der Waals surface area contributed by atoms with Crippen molar-refractivity contribution in [3.8, 4) is 0 Å². The summed E-state index contributed by atoms with van der Waals surface area (Å²) in [5.74, 6) is 0. The van der Waals surface area contributed by atoms with Crippen molar-refractivity contribution in [2.75, 3.05) is 0 Å². The molecular formula is C11H23K. The quantitative estimate of drug-likeness (QED) is 0.311. The summed E-state index contributed by atoms with van der Waals surface area (Å²) in [7, 11) is 0. The molecule has 0 nitrogen and oxygen atoms in total. The number of hydrogen-bond acceptors (Lipinski definition) is 0. The first-order valence-electron chi connectivity index (χ1n) is 5.19. The Labute approximate surface area is 121 Å². The maximum absolute atomic E-state index is 2.27. The molecule has 0 N–H and O–H groups in total. The van der Waals surface area contributed by atoms with E-state index in [1.807, 2.05) is 0 Å². The van der Waals surface area contributed by atoms with Gasteiger partial charge in [0.05, 0.1) is 0 Å². The Balaban J connectivity index is 0. The Morgan fingerprint density at radius 3 is 1.83 bits per heavy atom. The van der Waals surface area contributed by atoms with Gasteiger partial charge in [-0.3, -0.25) is 0 Å². The molecule has 0 aliphatic rings. The topological polar surface area (TPSA) is 0 Å². The van der Waals surface area contributed by atoms with Crippen LogP contribution in [-0.2, 0) is 0 Å². The van der Waals surface area contributed by atoms with Crippen molar-refractivity contribution in [2.24, 2.45) is 0 Å². The monoisotopic (exact) mass is 194 g/mol. The molecule has 0 aromatic rings. The maximum Gasteiger partial charge on any atom is 1.00 e. The van der Waals surface area contributed by atoms with Gasteiger partial charge in [-0.15, -0.1) is 0 Å². The van der Waals surface area contributed by atoms with E-state index in [4.69, 9.17) is 0 Å². The van der Waals surface area contributed by atoms with E-state index >= 15 is 0 Å². The molecule has 0 saturated carbocycles. The van der Waals surface area contributed by atoms with Crippen molar-refractivity contribution < 1.29 is 51.4 Å². The van der Waals surface area contributed by atoms with Crippen molar-refractivity contribution >= 4 is 0 Å². The zero-order valence-corrected chi connectivity index (χ0v) is 12.4. The summed E-state index contributed by atoms with van der Waals surface area (Å²) in [6, 6.07) is 0. The Bertz CT molecular complexity index is 54.0. The maximum atomic E-state index is 2.27. The van der Waals surface area contributed by atoms with Crippen LogP contribution in [-0.4, -0.2) is 0 Å². The molecule has 0 spiro atoms. The smallest absolute Gasteiger partial charge is 0.332 e. The van der Waals surface area contributed by atoms with Crippen LogP contribution in [0, 0.1) is 6.42 Å². The van der Waals surface area contributed by atoms with Gasteiger partial charge in [0.15, 0.2) is 0 Å². The summed E-state index contributed by atoms with van der Waals surface area (Å²) in [5.41, 5.74) is 0. The molecule has 12 heavy (non-hydrogen) atoms. The van der Waals surface area contributed by atoms with Crippen LogP contribution >= 0.6 is 0 Å². The summed E-state index contributed by atoms with van der Waals surface area (Å²) in [4.78, 5) is 0. The fourth-order valence-electron chi connectivity index (χ4n) is 1.31. The first kappa shape index (κ1) is 16.1. The van der Waals surface area contributed by atoms with Crippen molar-refractivity contribution in [2.45, 2.75) is 65.2 Å². The summed E-state index contributed by atoms with van der Waals surface area (Å²) in [6.07, 6.45) is 13.6. The van der Waals surface area contributed by atoms with Crippen LogP contribution in [0.25, 0.3) is 0 Å². The number of rotatable bonds is 8. The zero-order valence-electron chi connectivity index (χ0n) is 9.23. The van der Waals surface area contributed by atoms with Crippen LogP contribution in [0.2, 0.25) is 0 Å². The van der Waals surface area contributed by atoms with Gasteiger partial charge in [-0.05, 0) is 0 Å². The minimum atomic E-state index is 0. The summed E-state index contributed by atoms with van der Waals surface area (Å²) in [5, 5.41) is 0. The van der Waals surface area contributed by atoms with Crippen molar-refractivity contribution in [1.29, 1.82) is 0 Å². The van der Waals surface area contributed by atoms with Crippen LogP contribution < -0.4 is 51.4 Å². The Morgan fingerprint density at radius 1 is 0.833 bits per heavy atom. The predicted octanol–water partition coefficient (Wildman–Crippen LogP) is 1.36. The molecule has 1 heteroatoms. The molecule has 0 amide bonds. The molecule has 0 unspecified atom stereocenters. The average molecular weight is 194 g/mol. The molecule has 0 aliphatic heterocycles. The van der Waals surface area contributed by atoms with E-state index in [0.717, 1.165) is 0 Å². The van der Waals surface area contributed by atoms with Gasteiger partial charge in [-0.1, -0.05) is 51.9 Å². The first-order chi connectivity index (χ1) is 5.41. The number of hydrogen-bond donors (Lipinski definition) is 0. The van der Waals surface area contributed by atoms with Crippen LogP contribution in [0.15, 0.2) is 0 Å². The van der Waals surface area contributed by atoms with Gasteiger partial charge in [-0.2, -0.15) is 13.3 Å². The van der Waals surface area contributed by atoms with Gasteiger partial charge in [0.1, 0.15) is 0 Å². The van der Waals surface area contributed by atoms with E-state index in [2.05, 4.69) is 20.3 Å². The average Bonchev–Trinajstić information content (AvgIpc) is 2.03. The molecule has 0 radical (unpaired) electrons. The summed E-state index contributed by atoms with van der Waals surface area (Å²) >= 11 is 0. The van der Waals surface area contributed by atoms with Gasteiger partial charge < -0.3 is 6.42 Å². The molecule has 0 aromatic heterocycles. The molecule has 68 valence electrons. The Morgan fingerprint density at radius 2 is 1.33 bits per heavy atom. The third-order valence-electron chi connectivity index (χ3n) is 2.10. The second-order valence-corrected chi connectivity index (χ2v) is 3.32. The van der Waals surface area contributed by atoms with E-state index in [-0.39, 0.29) is 51.4 Å². The van der Waals surface area contributed by atoms with Crippen LogP contribution in [0.3, 0.4) is 0 Å². The fraction of sp³-hybridized carbons (Fsp3) is 0.909. The van der Waals surface area contributed by atoms with E-state index in [1.165, 1.54) is 51.4 Å². The largest absolute Gasteiger partial charge is 1.00 e. The zero-order chi connectivity index (χ0) is 8.36. The van der Waals surface area contributed by atoms with Crippen LogP contribution in [0.5, 0.6) is 0 Å². The molecule has 0 fully saturated rings. The standard InChI is InChI=1S/C11H23.K/c1-3-5-7-9-11-10-8-6-4-2;/h3H,4-11H2,1-2H3;/q-1;+1. The molecule has 0 rings (SSSR count). The van der Waals surface area contributed by atoms with Gasteiger partial charge in [0, 0.05) is 0 Å². The van der Waals surface area contributed by atoms with E-state index in [0.29, 0.717) is 0 Å². The molecular weight excluding hydrogens is 171 g/mol. The van der Waals surface area contributed by atoms with Gasteiger partial charge in [-0.25, -0.2) is 0 Å². The van der Waals surface area contributed by atoms with Crippen LogP contribution in [0.4, 0.5) is 0 Å². The molecule has 0 saturated heterocycles. The second-order valence-electron chi connectivity index (χ2n) is 3.32. The van der Waals surface area contributed by atoms with Gasteiger partial charge >= 0.3 is 51.4 Å². The molecule has 0 heterocycles.